The zero-order valence-corrected chi connectivity index (χ0v) is 14.1. The summed E-state index contributed by atoms with van der Waals surface area (Å²) in [5.74, 6) is 0.696. The van der Waals surface area contributed by atoms with Crippen molar-refractivity contribution in [2.45, 2.75) is 50.2 Å². The molecule has 2 heterocycles. The molecule has 1 unspecified atom stereocenters. The van der Waals surface area contributed by atoms with Gasteiger partial charge in [0.25, 0.3) is 5.91 Å². The van der Waals surface area contributed by atoms with E-state index in [-0.39, 0.29) is 18.0 Å². The SMILES string of the molecule is NC1CCC(n2cc(C(=O)NC3COc4ccccc4C3)nn2)CC1. The smallest absolute Gasteiger partial charge is 0.273 e. The van der Waals surface area contributed by atoms with Gasteiger partial charge in [-0.2, -0.15) is 0 Å². The molecule has 1 fully saturated rings. The van der Waals surface area contributed by atoms with Crippen LogP contribution < -0.4 is 15.8 Å². The van der Waals surface area contributed by atoms with Crippen LogP contribution in [-0.4, -0.2) is 39.6 Å². The minimum atomic E-state index is -0.202. The quantitative estimate of drug-likeness (QED) is 0.881. The van der Waals surface area contributed by atoms with Gasteiger partial charge in [0.05, 0.1) is 18.3 Å². The fraction of sp³-hybridized carbons (Fsp3) is 0.500. The van der Waals surface area contributed by atoms with Gasteiger partial charge in [0.15, 0.2) is 5.69 Å². The summed E-state index contributed by atoms with van der Waals surface area (Å²) in [5.41, 5.74) is 7.41. The van der Waals surface area contributed by atoms with Crippen LogP contribution in [0, 0.1) is 0 Å². The molecule has 7 nitrogen and oxygen atoms in total. The predicted octanol–water partition coefficient (Wildman–Crippen LogP) is 1.45. The van der Waals surface area contributed by atoms with Crippen LogP contribution in [0.5, 0.6) is 5.75 Å². The summed E-state index contributed by atoms with van der Waals surface area (Å²) in [6, 6.07) is 8.44. The number of carbonyl (C=O) groups excluding carboxylic acids is 1. The van der Waals surface area contributed by atoms with Crippen molar-refractivity contribution in [1.29, 1.82) is 0 Å². The molecular formula is C18H23N5O2. The summed E-state index contributed by atoms with van der Waals surface area (Å²) in [5, 5.41) is 11.2. The maximum atomic E-state index is 12.5. The molecule has 3 N–H and O–H groups in total. The van der Waals surface area contributed by atoms with Crippen molar-refractivity contribution in [3.8, 4) is 5.75 Å². The lowest BCUT2D eigenvalue weighted by Crippen LogP contribution is -2.42. The Morgan fingerprint density at radius 1 is 1.24 bits per heavy atom. The van der Waals surface area contributed by atoms with Gasteiger partial charge in [0, 0.05) is 6.04 Å². The molecule has 4 rings (SSSR count). The van der Waals surface area contributed by atoms with Crippen LogP contribution in [0.3, 0.4) is 0 Å². The van der Waals surface area contributed by atoms with E-state index in [1.807, 2.05) is 28.9 Å². The van der Waals surface area contributed by atoms with E-state index in [2.05, 4.69) is 15.6 Å². The summed E-state index contributed by atoms with van der Waals surface area (Å²) in [4.78, 5) is 12.5. The zero-order chi connectivity index (χ0) is 17.2. The third-order valence-corrected chi connectivity index (χ3v) is 5.07. The molecule has 132 valence electrons. The highest BCUT2D eigenvalue weighted by Crippen LogP contribution is 2.27. The largest absolute Gasteiger partial charge is 0.491 e. The van der Waals surface area contributed by atoms with Crippen molar-refractivity contribution in [1.82, 2.24) is 20.3 Å². The van der Waals surface area contributed by atoms with Crippen LogP contribution in [-0.2, 0) is 6.42 Å². The van der Waals surface area contributed by atoms with Gasteiger partial charge in [0.2, 0.25) is 0 Å². The van der Waals surface area contributed by atoms with Crippen molar-refractivity contribution in [2.75, 3.05) is 6.61 Å². The van der Waals surface area contributed by atoms with Gasteiger partial charge in [-0.05, 0) is 43.7 Å². The topological polar surface area (TPSA) is 95.1 Å². The summed E-state index contributed by atoms with van der Waals surface area (Å²) >= 11 is 0. The lowest BCUT2D eigenvalue weighted by atomic mass is 9.92. The Kier molecular flexibility index (Phi) is 4.40. The number of para-hydroxylation sites is 1. The van der Waals surface area contributed by atoms with E-state index in [0.717, 1.165) is 43.4 Å². The third-order valence-electron chi connectivity index (χ3n) is 5.07. The average Bonchev–Trinajstić information content (AvgIpc) is 3.12. The molecule has 1 aromatic heterocycles. The lowest BCUT2D eigenvalue weighted by Gasteiger charge is -2.26. The van der Waals surface area contributed by atoms with Crippen molar-refractivity contribution < 1.29 is 9.53 Å². The van der Waals surface area contributed by atoms with Gasteiger partial charge in [-0.3, -0.25) is 4.79 Å². The number of amides is 1. The molecule has 1 saturated carbocycles. The summed E-state index contributed by atoms with van der Waals surface area (Å²) < 4.78 is 7.53. The predicted molar refractivity (Wildman–Crippen MR) is 92.4 cm³/mol. The van der Waals surface area contributed by atoms with Crippen LogP contribution in [0.2, 0.25) is 0 Å². The van der Waals surface area contributed by atoms with E-state index < -0.39 is 0 Å². The molecule has 0 bridgehead atoms. The van der Waals surface area contributed by atoms with Crippen LogP contribution in [0.4, 0.5) is 0 Å². The highest BCUT2D eigenvalue weighted by Gasteiger charge is 2.25. The Hall–Kier alpha value is -2.41. The maximum Gasteiger partial charge on any atom is 0.273 e. The molecule has 2 aromatic rings. The first-order chi connectivity index (χ1) is 12.2. The molecule has 1 aliphatic heterocycles. The molecule has 7 heteroatoms. The van der Waals surface area contributed by atoms with Gasteiger partial charge in [-0.1, -0.05) is 23.4 Å². The Bertz CT molecular complexity index is 751. The van der Waals surface area contributed by atoms with Crippen LogP contribution in [0.15, 0.2) is 30.5 Å². The number of benzene rings is 1. The fourth-order valence-corrected chi connectivity index (χ4v) is 3.61. The number of fused-ring (bicyclic) bond motifs is 1. The van der Waals surface area contributed by atoms with Crippen LogP contribution in [0.25, 0.3) is 0 Å². The number of hydrogen-bond donors (Lipinski definition) is 2. The first-order valence-corrected chi connectivity index (χ1v) is 8.88. The number of carbonyl (C=O) groups is 1. The molecule has 1 amide bonds. The standard InChI is InChI=1S/C18H23N5O2/c19-13-5-7-15(8-6-13)23-10-16(21-22-23)18(24)20-14-9-12-3-1-2-4-17(12)25-11-14/h1-4,10,13-15H,5-9,11,19H2,(H,20,24). The third kappa shape index (κ3) is 3.51. The zero-order valence-electron chi connectivity index (χ0n) is 14.1. The average molecular weight is 341 g/mol. The highest BCUT2D eigenvalue weighted by molar-refractivity contribution is 5.92. The molecule has 1 aliphatic carbocycles. The molecule has 0 spiro atoms. The molecule has 1 atom stereocenters. The number of aromatic nitrogens is 3. The second kappa shape index (κ2) is 6.84. The van der Waals surface area contributed by atoms with E-state index >= 15 is 0 Å². The number of nitrogens with zero attached hydrogens (tertiary/aromatic N) is 3. The van der Waals surface area contributed by atoms with Crippen LogP contribution >= 0.6 is 0 Å². The van der Waals surface area contributed by atoms with E-state index in [0.29, 0.717) is 18.3 Å². The molecule has 2 aliphatic rings. The summed E-state index contributed by atoms with van der Waals surface area (Å²) in [6.45, 7) is 0.470. The highest BCUT2D eigenvalue weighted by atomic mass is 16.5. The van der Waals surface area contributed by atoms with Crippen molar-refractivity contribution in [2.24, 2.45) is 5.73 Å². The van der Waals surface area contributed by atoms with E-state index in [1.54, 1.807) is 6.20 Å². The Morgan fingerprint density at radius 3 is 2.88 bits per heavy atom. The second-order valence-electron chi connectivity index (χ2n) is 6.95. The maximum absolute atomic E-state index is 12.5. The van der Waals surface area contributed by atoms with Gasteiger partial charge >= 0.3 is 0 Å². The van der Waals surface area contributed by atoms with Crippen molar-refractivity contribution >= 4 is 5.91 Å². The molecule has 1 aromatic carbocycles. The molecular weight excluding hydrogens is 318 g/mol. The van der Waals surface area contributed by atoms with Gasteiger partial charge < -0.3 is 15.8 Å². The number of hydrogen-bond acceptors (Lipinski definition) is 5. The first-order valence-electron chi connectivity index (χ1n) is 8.88. The van der Waals surface area contributed by atoms with E-state index in [4.69, 9.17) is 10.5 Å². The van der Waals surface area contributed by atoms with Crippen molar-refractivity contribution in [3.05, 3.63) is 41.7 Å². The second-order valence-corrected chi connectivity index (χ2v) is 6.95. The first kappa shape index (κ1) is 16.1. The Balaban J connectivity index is 1.37. The van der Waals surface area contributed by atoms with E-state index in [9.17, 15) is 4.79 Å². The monoisotopic (exact) mass is 341 g/mol. The fourth-order valence-electron chi connectivity index (χ4n) is 3.61. The van der Waals surface area contributed by atoms with Crippen molar-refractivity contribution in [3.63, 3.8) is 0 Å². The minimum Gasteiger partial charge on any atom is -0.491 e. The lowest BCUT2D eigenvalue weighted by molar-refractivity contribution is 0.0910. The summed E-state index contributed by atoms with van der Waals surface area (Å²) in [7, 11) is 0. The Labute approximate surface area is 146 Å². The van der Waals surface area contributed by atoms with Gasteiger partial charge in [-0.25, -0.2) is 4.68 Å². The normalized spacial score (nSPS) is 25.7. The van der Waals surface area contributed by atoms with Gasteiger partial charge in [-0.15, -0.1) is 5.10 Å². The Morgan fingerprint density at radius 2 is 2.04 bits per heavy atom. The number of ether oxygens (including phenoxy) is 1. The number of rotatable bonds is 3. The van der Waals surface area contributed by atoms with E-state index in [1.165, 1.54) is 0 Å². The summed E-state index contributed by atoms with van der Waals surface area (Å²) in [6.07, 6.45) is 6.46. The van der Waals surface area contributed by atoms with Gasteiger partial charge in [0.1, 0.15) is 12.4 Å². The number of nitrogens with one attached hydrogen (secondary N) is 1. The molecule has 0 radical (unpaired) electrons. The molecule has 25 heavy (non-hydrogen) atoms. The van der Waals surface area contributed by atoms with Crippen LogP contribution in [0.1, 0.15) is 47.8 Å². The minimum absolute atomic E-state index is 0.0553. The molecule has 0 saturated heterocycles. The number of nitrogens with two attached hydrogens (primary N) is 1.